The Hall–Kier alpha value is -3.19. The first-order valence-corrected chi connectivity index (χ1v) is 8.64. The fourth-order valence-corrected chi connectivity index (χ4v) is 2.83. The van der Waals surface area contributed by atoms with Crippen molar-refractivity contribution < 1.29 is 4.92 Å². The summed E-state index contributed by atoms with van der Waals surface area (Å²) in [5.41, 5.74) is 7.03. The summed E-state index contributed by atoms with van der Waals surface area (Å²) in [6.45, 7) is 4.45. The Labute approximate surface area is 161 Å². The summed E-state index contributed by atoms with van der Waals surface area (Å²) in [6.07, 6.45) is 1.56. The van der Waals surface area contributed by atoms with Crippen molar-refractivity contribution in [2.45, 2.75) is 20.4 Å². The van der Waals surface area contributed by atoms with Crippen LogP contribution >= 0.6 is 11.6 Å². The molecule has 0 spiro atoms. The molecule has 3 rings (SSSR count). The molecule has 0 bridgehead atoms. The van der Waals surface area contributed by atoms with Gasteiger partial charge in [-0.1, -0.05) is 47.5 Å². The maximum atomic E-state index is 10.8. The predicted molar refractivity (Wildman–Crippen MR) is 107 cm³/mol. The minimum absolute atomic E-state index is 0.00432. The number of nitro benzene ring substituents is 1. The van der Waals surface area contributed by atoms with Gasteiger partial charge >= 0.3 is 0 Å². The maximum Gasteiger partial charge on any atom is 0.271 e. The van der Waals surface area contributed by atoms with E-state index in [1.165, 1.54) is 17.7 Å². The van der Waals surface area contributed by atoms with Gasteiger partial charge < -0.3 is 0 Å². The highest BCUT2D eigenvalue weighted by atomic mass is 35.5. The number of nitro groups is 1. The lowest BCUT2D eigenvalue weighted by Gasteiger charge is -2.04. The third kappa shape index (κ3) is 4.51. The van der Waals surface area contributed by atoms with Crippen LogP contribution in [0.2, 0.25) is 5.15 Å². The van der Waals surface area contributed by atoms with Crippen LogP contribution < -0.4 is 5.43 Å². The van der Waals surface area contributed by atoms with Gasteiger partial charge in [-0.3, -0.25) is 15.5 Å². The molecular formula is C19H18ClN5O2. The van der Waals surface area contributed by atoms with Gasteiger partial charge in [-0.2, -0.15) is 10.2 Å². The summed E-state index contributed by atoms with van der Waals surface area (Å²) in [5.74, 6) is 0. The molecule has 0 saturated carbocycles. The maximum absolute atomic E-state index is 10.8. The summed E-state index contributed by atoms with van der Waals surface area (Å²) < 4.78 is 1.72. The van der Waals surface area contributed by atoms with Gasteiger partial charge in [0.1, 0.15) is 5.15 Å². The van der Waals surface area contributed by atoms with Crippen LogP contribution in [0.4, 0.5) is 11.4 Å². The van der Waals surface area contributed by atoms with Crippen molar-refractivity contribution in [2.24, 2.45) is 5.10 Å². The molecule has 2 aromatic carbocycles. The lowest BCUT2D eigenvalue weighted by Crippen LogP contribution is -2.02. The van der Waals surface area contributed by atoms with E-state index in [2.05, 4.69) is 15.6 Å². The number of anilines is 1. The predicted octanol–water partition coefficient (Wildman–Crippen LogP) is 4.56. The molecule has 0 radical (unpaired) electrons. The van der Waals surface area contributed by atoms with Crippen molar-refractivity contribution in [2.75, 3.05) is 5.43 Å². The monoisotopic (exact) mass is 383 g/mol. The van der Waals surface area contributed by atoms with E-state index in [0.29, 0.717) is 22.9 Å². The molecule has 3 aromatic rings. The second-order valence-corrected chi connectivity index (χ2v) is 6.47. The number of hydrogen-bond acceptors (Lipinski definition) is 5. The van der Waals surface area contributed by atoms with Crippen LogP contribution in [0, 0.1) is 24.0 Å². The van der Waals surface area contributed by atoms with Crippen LogP contribution in [0.3, 0.4) is 0 Å². The molecule has 138 valence electrons. The summed E-state index contributed by atoms with van der Waals surface area (Å²) in [4.78, 5) is 10.4. The topological polar surface area (TPSA) is 85.3 Å². The Kier molecular flexibility index (Phi) is 5.52. The molecular weight excluding hydrogens is 366 g/mol. The summed E-state index contributed by atoms with van der Waals surface area (Å²) in [7, 11) is 0. The molecule has 0 aliphatic rings. The van der Waals surface area contributed by atoms with E-state index in [1.807, 2.05) is 38.1 Å². The normalized spacial score (nSPS) is 11.1. The van der Waals surface area contributed by atoms with E-state index >= 15 is 0 Å². The first-order valence-electron chi connectivity index (χ1n) is 8.26. The molecule has 0 saturated heterocycles. The molecule has 1 aromatic heterocycles. The first-order chi connectivity index (χ1) is 12.9. The summed E-state index contributed by atoms with van der Waals surface area (Å²) in [6, 6.07) is 14.3. The average Bonchev–Trinajstić information content (AvgIpc) is 2.91. The van der Waals surface area contributed by atoms with E-state index in [-0.39, 0.29) is 5.69 Å². The summed E-state index contributed by atoms with van der Waals surface area (Å²) in [5, 5.41) is 19.9. The molecule has 0 aliphatic carbocycles. The van der Waals surface area contributed by atoms with Crippen LogP contribution in [-0.2, 0) is 6.54 Å². The van der Waals surface area contributed by atoms with Crippen molar-refractivity contribution in [3.05, 3.63) is 86.2 Å². The molecule has 0 atom stereocenters. The molecule has 27 heavy (non-hydrogen) atoms. The number of hydrazone groups is 1. The van der Waals surface area contributed by atoms with Crippen molar-refractivity contribution in [3.8, 4) is 0 Å². The van der Waals surface area contributed by atoms with E-state index < -0.39 is 4.92 Å². The number of nitrogens with zero attached hydrogens (tertiary/aromatic N) is 4. The van der Waals surface area contributed by atoms with Crippen LogP contribution in [0.25, 0.3) is 0 Å². The molecule has 8 heteroatoms. The smallest absolute Gasteiger partial charge is 0.271 e. The van der Waals surface area contributed by atoms with E-state index in [0.717, 1.165) is 11.3 Å². The Morgan fingerprint density at radius 3 is 2.70 bits per heavy atom. The van der Waals surface area contributed by atoms with Crippen molar-refractivity contribution >= 4 is 29.2 Å². The zero-order valence-electron chi connectivity index (χ0n) is 14.9. The van der Waals surface area contributed by atoms with Gasteiger partial charge in [0.05, 0.1) is 34.6 Å². The van der Waals surface area contributed by atoms with Gasteiger partial charge in [-0.15, -0.1) is 0 Å². The molecule has 7 nitrogen and oxygen atoms in total. The molecule has 0 amide bonds. The SMILES string of the molecule is Cc1ccc(Cn2nc(C)c(/C=N\Nc3cccc([N+](=O)[O-])c3)c2Cl)cc1. The second-order valence-electron chi connectivity index (χ2n) is 6.11. The quantitative estimate of drug-likeness (QED) is 0.384. The highest BCUT2D eigenvalue weighted by molar-refractivity contribution is 6.32. The third-order valence-corrected chi connectivity index (χ3v) is 4.41. The van der Waals surface area contributed by atoms with E-state index in [4.69, 9.17) is 11.6 Å². The van der Waals surface area contributed by atoms with Gasteiger partial charge in [-0.05, 0) is 25.5 Å². The fraction of sp³-hybridized carbons (Fsp3) is 0.158. The lowest BCUT2D eigenvalue weighted by molar-refractivity contribution is -0.384. The number of non-ortho nitro benzene ring substituents is 1. The first kappa shape index (κ1) is 18.6. The Morgan fingerprint density at radius 2 is 2.00 bits per heavy atom. The number of aryl methyl sites for hydroxylation is 2. The number of nitrogens with one attached hydrogen (secondary N) is 1. The van der Waals surface area contributed by atoms with Crippen LogP contribution in [-0.4, -0.2) is 20.9 Å². The van der Waals surface area contributed by atoms with Crippen LogP contribution in [0.15, 0.2) is 53.6 Å². The Bertz CT molecular complexity index is 996. The van der Waals surface area contributed by atoms with E-state index in [1.54, 1.807) is 23.0 Å². The molecule has 0 aliphatic heterocycles. The number of hydrogen-bond donors (Lipinski definition) is 1. The highest BCUT2D eigenvalue weighted by Crippen LogP contribution is 2.20. The fourth-order valence-electron chi connectivity index (χ4n) is 2.55. The molecule has 0 fully saturated rings. The van der Waals surface area contributed by atoms with Crippen molar-refractivity contribution in [1.29, 1.82) is 0 Å². The summed E-state index contributed by atoms with van der Waals surface area (Å²) >= 11 is 6.45. The van der Waals surface area contributed by atoms with Gasteiger partial charge in [0.15, 0.2) is 0 Å². The minimum Gasteiger partial charge on any atom is -0.278 e. The minimum atomic E-state index is -0.453. The number of benzene rings is 2. The average molecular weight is 384 g/mol. The molecule has 1 heterocycles. The second kappa shape index (κ2) is 8.01. The van der Waals surface area contributed by atoms with Gasteiger partial charge in [0, 0.05) is 12.1 Å². The van der Waals surface area contributed by atoms with Gasteiger partial charge in [0.2, 0.25) is 0 Å². The standard InChI is InChI=1S/C19H18ClN5O2/c1-13-6-8-15(9-7-13)12-24-19(20)18(14(2)23-24)11-21-22-16-4-3-5-17(10-16)25(26)27/h3-11,22H,12H2,1-2H3/b21-11-. The number of halogens is 1. The zero-order valence-corrected chi connectivity index (χ0v) is 15.6. The molecule has 1 N–H and O–H groups in total. The number of rotatable bonds is 6. The Morgan fingerprint density at radius 1 is 1.26 bits per heavy atom. The van der Waals surface area contributed by atoms with Crippen LogP contribution in [0.5, 0.6) is 0 Å². The highest BCUT2D eigenvalue weighted by Gasteiger charge is 2.12. The zero-order chi connectivity index (χ0) is 19.4. The molecule has 0 unspecified atom stereocenters. The largest absolute Gasteiger partial charge is 0.278 e. The number of aromatic nitrogens is 2. The lowest BCUT2D eigenvalue weighted by atomic mass is 10.1. The Balaban J connectivity index is 1.74. The van der Waals surface area contributed by atoms with Crippen molar-refractivity contribution in [1.82, 2.24) is 9.78 Å². The van der Waals surface area contributed by atoms with E-state index in [9.17, 15) is 10.1 Å². The van der Waals surface area contributed by atoms with Gasteiger partial charge in [0.25, 0.3) is 5.69 Å². The van der Waals surface area contributed by atoms with Crippen LogP contribution in [0.1, 0.15) is 22.4 Å². The van der Waals surface area contributed by atoms with Gasteiger partial charge in [-0.25, -0.2) is 4.68 Å². The van der Waals surface area contributed by atoms with Crippen molar-refractivity contribution in [3.63, 3.8) is 0 Å². The third-order valence-electron chi connectivity index (χ3n) is 4.01.